The number of nitrogens with zero attached hydrogens (tertiary/aromatic N) is 4. The quantitative estimate of drug-likeness (QED) is 0.514. The summed E-state index contributed by atoms with van der Waals surface area (Å²) in [6.07, 6.45) is 6.57. The summed E-state index contributed by atoms with van der Waals surface area (Å²) in [5.74, 6) is 0.150. The molecule has 0 unspecified atom stereocenters. The van der Waals surface area contributed by atoms with Gasteiger partial charge in [0.25, 0.3) is 0 Å². The summed E-state index contributed by atoms with van der Waals surface area (Å²) in [6.45, 7) is 5.26. The predicted molar refractivity (Wildman–Crippen MR) is 122 cm³/mol. The number of pyridine rings is 1. The molecule has 0 radical (unpaired) electrons. The van der Waals surface area contributed by atoms with E-state index in [0.717, 1.165) is 32.5 Å². The second kappa shape index (κ2) is 8.75. The molecule has 1 spiro atoms. The summed E-state index contributed by atoms with van der Waals surface area (Å²) < 4.78 is 19.6. The van der Waals surface area contributed by atoms with Crippen molar-refractivity contribution in [3.05, 3.63) is 70.8 Å². The maximum absolute atomic E-state index is 13.5. The number of benzene rings is 1. The van der Waals surface area contributed by atoms with E-state index in [1.165, 1.54) is 42.3 Å². The van der Waals surface area contributed by atoms with E-state index in [0.29, 0.717) is 27.6 Å². The zero-order chi connectivity index (χ0) is 22.1. The first-order valence-electron chi connectivity index (χ1n) is 11.1. The van der Waals surface area contributed by atoms with Gasteiger partial charge in [0.1, 0.15) is 11.9 Å². The lowest BCUT2D eigenvalue weighted by molar-refractivity contribution is -0.0584. The monoisotopic (exact) mass is 452 g/mol. The van der Waals surface area contributed by atoms with Crippen molar-refractivity contribution in [2.45, 2.75) is 45.3 Å². The average molecular weight is 453 g/mol. The molecule has 0 amide bonds. The highest BCUT2D eigenvalue weighted by Crippen LogP contribution is 2.50. The molecule has 166 valence electrons. The Balaban J connectivity index is 1.12. The second-order valence-electron chi connectivity index (χ2n) is 9.07. The summed E-state index contributed by atoms with van der Waals surface area (Å²) in [7, 11) is 0. The van der Waals surface area contributed by atoms with Crippen molar-refractivity contribution in [2.75, 3.05) is 13.1 Å². The molecule has 2 aliphatic rings. The standard InChI is InChI=1S/C25H26ClFN4O/c1-17-3-2-10-28-23(17)16-31-11-8-25(9-12-31)14-19(15-25)32-24-7-6-22(29-30-24)20-13-18(27)4-5-21(20)26/h2-7,10,13,19H,8-9,11-12,14-16H2,1H3. The number of ether oxygens (including phenoxy) is 1. The minimum absolute atomic E-state index is 0.178. The third-order valence-electron chi connectivity index (χ3n) is 6.86. The van der Waals surface area contributed by atoms with Crippen LogP contribution in [0.1, 0.15) is 36.9 Å². The van der Waals surface area contributed by atoms with Gasteiger partial charge in [-0.2, -0.15) is 0 Å². The van der Waals surface area contributed by atoms with Crippen LogP contribution < -0.4 is 4.74 Å². The Morgan fingerprint density at radius 3 is 2.66 bits per heavy atom. The number of halogens is 2. The Labute approximate surface area is 192 Å². The van der Waals surface area contributed by atoms with E-state index in [2.05, 4.69) is 33.1 Å². The Morgan fingerprint density at radius 2 is 1.94 bits per heavy atom. The Kier molecular flexibility index (Phi) is 5.82. The molecule has 0 N–H and O–H groups in total. The fourth-order valence-corrected chi connectivity index (χ4v) is 5.08. The lowest BCUT2D eigenvalue weighted by atomic mass is 9.61. The summed E-state index contributed by atoms with van der Waals surface area (Å²) in [5, 5.41) is 8.81. The molecule has 0 bridgehead atoms. The third-order valence-corrected chi connectivity index (χ3v) is 7.19. The number of hydrogen-bond donors (Lipinski definition) is 0. The average Bonchev–Trinajstić information content (AvgIpc) is 2.78. The molecule has 3 heterocycles. The Morgan fingerprint density at radius 1 is 1.12 bits per heavy atom. The molecule has 2 fully saturated rings. The van der Waals surface area contributed by atoms with Crippen molar-refractivity contribution in [2.24, 2.45) is 5.41 Å². The molecule has 32 heavy (non-hydrogen) atoms. The van der Waals surface area contributed by atoms with Gasteiger partial charge >= 0.3 is 0 Å². The smallest absolute Gasteiger partial charge is 0.233 e. The second-order valence-corrected chi connectivity index (χ2v) is 9.48. The molecule has 1 aliphatic heterocycles. The van der Waals surface area contributed by atoms with Gasteiger partial charge in [0.15, 0.2) is 0 Å². The van der Waals surface area contributed by atoms with Gasteiger partial charge in [-0.15, -0.1) is 10.2 Å². The predicted octanol–water partition coefficient (Wildman–Crippen LogP) is 5.46. The normalized spacial score (nSPS) is 18.5. The molecular weight excluding hydrogens is 427 g/mol. The van der Waals surface area contributed by atoms with Crippen molar-refractivity contribution >= 4 is 11.6 Å². The van der Waals surface area contributed by atoms with Crippen molar-refractivity contribution in [1.82, 2.24) is 20.1 Å². The van der Waals surface area contributed by atoms with Crippen LogP contribution in [0, 0.1) is 18.2 Å². The maximum Gasteiger partial charge on any atom is 0.233 e. The van der Waals surface area contributed by atoms with E-state index < -0.39 is 0 Å². The van der Waals surface area contributed by atoms with Gasteiger partial charge in [-0.1, -0.05) is 17.7 Å². The first kappa shape index (κ1) is 21.3. The molecule has 1 aliphatic carbocycles. The molecule has 3 aromatic rings. The van der Waals surface area contributed by atoms with Crippen LogP contribution in [0.25, 0.3) is 11.3 Å². The highest BCUT2D eigenvalue weighted by Gasteiger charge is 2.47. The summed E-state index contributed by atoms with van der Waals surface area (Å²) in [4.78, 5) is 7.05. The van der Waals surface area contributed by atoms with Crippen molar-refractivity contribution in [3.63, 3.8) is 0 Å². The minimum atomic E-state index is -0.354. The minimum Gasteiger partial charge on any atom is -0.473 e. The summed E-state index contributed by atoms with van der Waals surface area (Å²) >= 11 is 6.16. The highest BCUT2D eigenvalue weighted by molar-refractivity contribution is 6.33. The maximum atomic E-state index is 13.5. The van der Waals surface area contributed by atoms with Gasteiger partial charge in [-0.05, 0) is 87.0 Å². The Bertz CT molecular complexity index is 1090. The van der Waals surface area contributed by atoms with E-state index in [1.54, 1.807) is 12.1 Å². The fraction of sp³-hybridized carbons (Fsp3) is 0.400. The number of hydrogen-bond acceptors (Lipinski definition) is 5. The topological polar surface area (TPSA) is 51.1 Å². The van der Waals surface area contributed by atoms with Gasteiger partial charge in [-0.3, -0.25) is 9.88 Å². The van der Waals surface area contributed by atoms with E-state index in [-0.39, 0.29) is 11.9 Å². The molecule has 5 rings (SSSR count). The van der Waals surface area contributed by atoms with Crippen LogP contribution in [-0.4, -0.2) is 39.3 Å². The van der Waals surface area contributed by atoms with E-state index in [4.69, 9.17) is 16.3 Å². The van der Waals surface area contributed by atoms with Crippen molar-refractivity contribution < 1.29 is 9.13 Å². The van der Waals surface area contributed by atoms with Crippen LogP contribution in [0.3, 0.4) is 0 Å². The Hall–Kier alpha value is -2.57. The van der Waals surface area contributed by atoms with Gasteiger partial charge in [0.05, 0.1) is 16.4 Å². The van der Waals surface area contributed by atoms with Crippen LogP contribution in [0.15, 0.2) is 48.7 Å². The number of likely N-dealkylation sites (tertiary alicyclic amines) is 1. The fourth-order valence-electron chi connectivity index (χ4n) is 4.87. The van der Waals surface area contributed by atoms with Gasteiger partial charge in [0, 0.05) is 24.4 Å². The van der Waals surface area contributed by atoms with Gasteiger partial charge < -0.3 is 4.74 Å². The summed E-state index contributed by atoms with van der Waals surface area (Å²) in [6, 6.07) is 11.9. The molecule has 0 atom stereocenters. The van der Waals surface area contributed by atoms with Crippen molar-refractivity contribution in [3.8, 4) is 17.1 Å². The molecule has 5 nitrogen and oxygen atoms in total. The van der Waals surface area contributed by atoms with E-state index in [9.17, 15) is 4.39 Å². The molecule has 1 saturated carbocycles. The summed E-state index contributed by atoms with van der Waals surface area (Å²) in [5.41, 5.74) is 3.89. The van der Waals surface area contributed by atoms with E-state index >= 15 is 0 Å². The third kappa shape index (κ3) is 4.48. The molecule has 7 heteroatoms. The van der Waals surface area contributed by atoms with Crippen LogP contribution >= 0.6 is 11.6 Å². The SMILES string of the molecule is Cc1cccnc1CN1CCC2(CC1)CC(Oc1ccc(-c3cc(F)ccc3Cl)nn1)C2. The van der Waals surface area contributed by atoms with Crippen LogP contribution in [0.5, 0.6) is 5.88 Å². The first-order chi connectivity index (χ1) is 15.5. The zero-order valence-electron chi connectivity index (χ0n) is 18.1. The van der Waals surface area contributed by atoms with Gasteiger partial charge in [-0.25, -0.2) is 4.39 Å². The number of rotatable bonds is 5. The highest BCUT2D eigenvalue weighted by atomic mass is 35.5. The number of aromatic nitrogens is 3. The number of aryl methyl sites for hydroxylation is 1. The van der Waals surface area contributed by atoms with Crippen LogP contribution in [-0.2, 0) is 6.54 Å². The van der Waals surface area contributed by atoms with E-state index in [1.807, 2.05) is 12.3 Å². The zero-order valence-corrected chi connectivity index (χ0v) is 18.9. The molecule has 1 aromatic carbocycles. The molecule has 1 saturated heterocycles. The first-order valence-corrected chi connectivity index (χ1v) is 11.5. The molecule has 2 aromatic heterocycles. The largest absolute Gasteiger partial charge is 0.473 e. The van der Waals surface area contributed by atoms with Crippen LogP contribution in [0.2, 0.25) is 5.02 Å². The van der Waals surface area contributed by atoms with Crippen molar-refractivity contribution in [1.29, 1.82) is 0 Å². The lowest BCUT2D eigenvalue weighted by Crippen LogP contribution is -2.50. The lowest BCUT2D eigenvalue weighted by Gasteiger charge is -2.51. The number of piperidine rings is 1. The molecular formula is C25H26ClFN4O. The van der Waals surface area contributed by atoms with Crippen LogP contribution in [0.4, 0.5) is 4.39 Å². The van der Waals surface area contributed by atoms with Gasteiger partial charge in [0.2, 0.25) is 5.88 Å².